The van der Waals surface area contributed by atoms with Crippen LogP contribution in [-0.4, -0.2) is 43.7 Å². The monoisotopic (exact) mass is 351 g/mol. The lowest BCUT2D eigenvalue weighted by molar-refractivity contribution is -0.115. The molecule has 1 saturated heterocycles. The molecule has 0 atom stereocenters. The van der Waals surface area contributed by atoms with Gasteiger partial charge in [-0.15, -0.1) is 0 Å². The van der Waals surface area contributed by atoms with Crippen molar-refractivity contribution in [3.63, 3.8) is 0 Å². The number of benzene rings is 2. The van der Waals surface area contributed by atoms with Crippen molar-refractivity contribution in [1.82, 2.24) is 4.90 Å². The van der Waals surface area contributed by atoms with E-state index in [0.717, 1.165) is 44.0 Å². The number of ether oxygens (including phenoxy) is 1. The zero-order valence-corrected chi connectivity index (χ0v) is 14.9. The predicted molar refractivity (Wildman–Crippen MR) is 106 cm³/mol. The van der Waals surface area contributed by atoms with E-state index in [4.69, 9.17) is 10.5 Å². The van der Waals surface area contributed by atoms with Gasteiger partial charge in [-0.05, 0) is 23.3 Å². The molecule has 1 aliphatic heterocycles. The van der Waals surface area contributed by atoms with Crippen LogP contribution in [0.3, 0.4) is 0 Å². The number of rotatable bonds is 6. The van der Waals surface area contributed by atoms with E-state index in [0.29, 0.717) is 17.8 Å². The summed E-state index contributed by atoms with van der Waals surface area (Å²) in [6, 6.07) is 15.3. The molecule has 0 bridgehead atoms. The van der Waals surface area contributed by atoms with Crippen LogP contribution < -0.4 is 11.1 Å². The number of nitrogens with two attached hydrogens (primary N) is 1. The van der Waals surface area contributed by atoms with Gasteiger partial charge in [-0.3, -0.25) is 9.69 Å². The van der Waals surface area contributed by atoms with E-state index in [1.165, 1.54) is 0 Å². The molecule has 5 heteroatoms. The maximum atomic E-state index is 12.2. The predicted octanol–water partition coefficient (Wildman–Crippen LogP) is 2.80. The molecule has 1 amide bonds. The third-order valence-electron chi connectivity index (χ3n) is 4.36. The highest BCUT2D eigenvalue weighted by molar-refractivity contribution is 5.95. The number of nitrogens with one attached hydrogen (secondary N) is 1. The number of carbonyl (C=O) groups is 1. The van der Waals surface area contributed by atoms with Crippen LogP contribution in [0.2, 0.25) is 0 Å². The lowest BCUT2D eigenvalue weighted by Gasteiger charge is -2.25. The second-order valence-corrected chi connectivity index (χ2v) is 6.37. The Morgan fingerprint density at radius 3 is 2.58 bits per heavy atom. The van der Waals surface area contributed by atoms with Crippen molar-refractivity contribution in [1.29, 1.82) is 0 Å². The van der Waals surface area contributed by atoms with Crippen LogP contribution in [-0.2, 0) is 16.0 Å². The second kappa shape index (κ2) is 9.17. The van der Waals surface area contributed by atoms with Crippen LogP contribution >= 0.6 is 0 Å². The molecule has 1 heterocycles. The van der Waals surface area contributed by atoms with Gasteiger partial charge in [-0.1, -0.05) is 48.6 Å². The molecule has 1 aliphatic rings. The van der Waals surface area contributed by atoms with E-state index in [1.54, 1.807) is 12.1 Å². The van der Waals surface area contributed by atoms with Crippen molar-refractivity contribution in [3.05, 3.63) is 65.7 Å². The molecular weight excluding hydrogens is 326 g/mol. The molecule has 1 fully saturated rings. The number of para-hydroxylation sites is 2. The van der Waals surface area contributed by atoms with E-state index >= 15 is 0 Å². The largest absolute Gasteiger partial charge is 0.397 e. The fraction of sp³-hybridized carbons (Fsp3) is 0.286. The third-order valence-corrected chi connectivity index (χ3v) is 4.36. The minimum atomic E-state index is -0.0708. The first-order valence-corrected chi connectivity index (χ1v) is 8.90. The number of hydrogen-bond acceptors (Lipinski definition) is 4. The SMILES string of the molecule is Nc1ccccc1NC(=O)Cc1ccc(C=CCN2CCOCC2)cc1. The zero-order chi connectivity index (χ0) is 18.2. The highest BCUT2D eigenvalue weighted by Gasteiger charge is 2.08. The van der Waals surface area contributed by atoms with Crippen molar-refractivity contribution in [2.75, 3.05) is 43.9 Å². The van der Waals surface area contributed by atoms with E-state index in [9.17, 15) is 4.79 Å². The number of carbonyl (C=O) groups excluding carboxylic acids is 1. The van der Waals surface area contributed by atoms with Gasteiger partial charge in [0.05, 0.1) is 31.0 Å². The molecule has 2 aromatic carbocycles. The van der Waals surface area contributed by atoms with Crippen LogP contribution in [0.15, 0.2) is 54.6 Å². The topological polar surface area (TPSA) is 67.6 Å². The average molecular weight is 351 g/mol. The van der Waals surface area contributed by atoms with Gasteiger partial charge < -0.3 is 15.8 Å². The number of amides is 1. The molecule has 3 N–H and O–H groups in total. The lowest BCUT2D eigenvalue weighted by Crippen LogP contribution is -2.36. The lowest BCUT2D eigenvalue weighted by atomic mass is 10.1. The first kappa shape index (κ1) is 18.2. The summed E-state index contributed by atoms with van der Waals surface area (Å²) in [6.45, 7) is 4.55. The highest BCUT2D eigenvalue weighted by atomic mass is 16.5. The molecule has 0 unspecified atom stereocenters. The summed E-state index contributed by atoms with van der Waals surface area (Å²) in [5.74, 6) is -0.0708. The number of nitrogens with zero attached hydrogens (tertiary/aromatic N) is 1. The summed E-state index contributed by atoms with van der Waals surface area (Å²) in [4.78, 5) is 14.5. The molecule has 0 radical (unpaired) electrons. The van der Waals surface area contributed by atoms with E-state index < -0.39 is 0 Å². The van der Waals surface area contributed by atoms with Gasteiger partial charge in [0.15, 0.2) is 0 Å². The van der Waals surface area contributed by atoms with Crippen LogP contribution in [0.4, 0.5) is 11.4 Å². The smallest absolute Gasteiger partial charge is 0.228 e. The van der Waals surface area contributed by atoms with E-state index in [-0.39, 0.29) is 5.91 Å². The third kappa shape index (κ3) is 5.44. The van der Waals surface area contributed by atoms with E-state index in [1.807, 2.05) is 36.4 Å². The summed E-state index contributed by atoms with van der Waals surface area (Å²) < 4.78 is 5.35. The molecule has 0 saturated carbocycles. The summed E-state index contributed by atoms with van der Waals surface area (Å²) in [5.41, 5.74) is 9.18. The molecule has 3 rings (SSSR count). The van der Waals surface area contributed by atoms with Gasteiger partial charge in [0, 0.05) is 19.6 Å². The first-order chi connectivity index (χ1) is 12.7. The minimum Gasteiger partial charge on any atom is -0.397 e. The van der Waals surface area contributed by atoms with Gasteiger partial charge in [0.1, 0.15) is 0 Å². The second-order valence-electron chi connectivity index (χ2n) is 6.37. The summed E-state index contributed by atoms with van der Waals surface area (Å²) in [5, 5.41) is 2.85. The molecular formula is C21H25N3O2. The molecule has 136 valence electrons. The molecule has 5 nitrogen and oxygen atoms in total. The van der Waals surface area contributed by atoms with Crippen molar-refractivity contribution >= 4 is 23.4 Å². The Labute approximate surface area is 154 Å². The van der Waals surface area contributed by atoms with Crippen molar-refractivity contribution in [2.45, 2.75) is 6.42 Å². The molecule has 26 heavy (non-hydrogen) atoms. The van der Waals surface area contributed by atoms with Crippen LogP contribution in [0, 0.1) is 0 Å². The number of morpholine rings is 1. The van der Waals surface area contributed by atoms with E-state index in [2.05, 4.69) is 22.4 Å². The number of nitrogen functional groups attached to an aromatic ring is 1. The van der Waals surface area contributed by atoms with Crippen molar-refractivity contribution < 1.29 is 9.53 Å². The van der Waals surface area contributed by atoms with Gasteiger partial charge in [-0.25, -0.2) is 0 Å². The summed E-state index contributed by atoms with van der Waals surface area (Å²) in [6.07, 6.45) is 4.61. The first-order valence-electron chi connectivity index (χ1n) is 8.90. The van der Waals surface area contributed by atoms with Crippen LogP contribution in [0.25, 0.3) is 6.08 Å². The zero-order valence-electron chi connectivity index (χ0n) is 14.9. The van der Waals surface area contributed by atoms with Gasteiger partial charge in [0.25, 0.3) is 0 Å². The van der Waals surface area contributed by atoms with Crippen molar-refractivity contribution in [3.8, 4) is 0 Å². The molecule has 2 aromatic rings. The average Bonchev–Trinajstić information content (AvgIpc) is 2.66. The Bertz CT molecular complexity index is 750. The fourth-order valence-corrected chi connectivity index (χ4v) is 2.86. The molecule has 0 aliphatic carbocycles. The molecule has 0 aromatic heterocycles. The maximum absolute atomic E-state index is 12.2. The van der Waals surface area contributed by atoms with Gasteiger partial charge >= 0.3 is 0 Å². The van der Waals surface area contributed by atoms with Gasteiger partial charge in [-0.2, -0.15) is 0 Å². The fourth-order valence-electron chi connectivity index (χ4n) is 2.86. The quantitative estimate of drug-likeness (QED) is 0.786. The Morgan fingerprint density at radius 1 is 1.12 bits per heavy atom. The Balaban J connectivity index is 1.49. The minimum absolute atomic E-state index is 0.0708. The van der Waals surface area contributed by atoms with Gasteiger partial charge in [0.2, 0.25) is 5.91 Å². The normalized spacial score (nSPS) is 15.2. The van der Waals surface area contributed by atoms with Crippen molar-refractivity contribution in [2.24, 2.45) is 0 Å². The highest BCUT2D eigenvalue weighted by Crippen LogP contribution is 2.17. The van der Waals surface area contributed by atoms with Crippen LogP contribution in [0.5, 0.6) is 0 Å². The Morgan fingerprint density at radius 2 is 1.85 bits per heavy atom. The summed E-state index contributed by atoms with van der Waals surface area (Å²) in [7, 11) is 0. The standard InChI is InChI=1S/C21H25N3O2/c22-19-5-1-2-6-20(19)23-21(25)16-18-9-7-17(8-10-18)4-3-11-24-12-14-26-15-13-24/h1-10H,11-16,22H2,(H,23,25). The number of hydrogen-bond donors (Lipinski definition) is 2. The Hall–Kier alpha value is -2.63. The summed E-state index contributed by atoms with van der Waals surface area (Å²) >= 11 is 0. The number of anilines is 2. The van der Waals surface area contributed by atoms with Crippen LogP contribution in [0.1, 0.15) is 11.1 Å². The maximum Gasteiger partial charge on any atom is 0.228 e. The molecule has 0 spiro atoms. The Kier molecular flexibility index (Phi) is 6.41.